The van der Waals surface area contributed by atoms with Crippen LogP contribution < -0.4 is 5.32 Å². The molecule has 1 heterocycles. The monoisotopic (exact) mass is 286 g/mol. The van der Waals surface area contributed by atoms with E-state index in [0.717, 1.165) is 5.56 Å². The van der Waals surface area contributed by atoms with Gasteiger partial charge in [0.15, 0.2) is 0 Å². The average molecular weight is 286 g/mol. The van der Waals surface area contributed by atoms with Crippen LogP contribution in [0.4, 0.5) is 4.79 Å². The smallest absolute Gasteiger partial charge is 0.323 e. The van der Waals surface area contributed by atoms with Crippen molar-refractivity contribution in [1.82, 2.24) is 10.2 Å². The molecule has 0 aliphatic rings. The van der Waals surface area contributed by atoms with Gasteiger partial charge in [-0.2, -0.15) is 11.3 Å². The lowest BCUT2D eigenvalue weighted by molar-refractivity contribution is -0.137. The molecule has 1 aromatic rings. The van der Waals surface area contributed by atoms with Gasteiger partial charge in [-0.3, -0.25) is 4.79 Å². The minimum Gasteiger partial charge on any atom is -0.480 e. The SMILES string of the molecule is COCCN(CC(=O)O)C(=O)NC(C)c1ccsc1. The van der Waals surface area contributed by atoms with Crippen molar-refractivity contribution in [1.29, 1.82) is 0 Å². The standard InChI is InChI=1S/C12H18N2O4S/c1-9(10-3-6-19-8-10)13-12(17)14(4-5-18-2)7-11(15)16/h3,6,8-9H,4-5,7H2,1-2H3,(H,13,17)(H,15,16). The number of carboxylic acids is 1. The zero-order valence-corrected chi connectivity index (χ0v) is 11.8. The molecule has 0 fully saturated rings. The van der Waals surface area contributed by atoms with Gasteiger partial charge >= 0.3 is 12.0 Å². The van der Waals surface area contributed by atoms with Crippen molar-refractivity contribution in [3.8, 4) is 0 Å². The first-order valence-electron chi connectivity index (χ1n) is 5.83. The number of carbonyl (C=O) groups excluding carboxylic acids is 1. The molecule has 0 bridgehead atoms. The highest BCUT2D eigenvalue weighted by Gasteiger charge is 2.18. The fourth-order valence-corrected chi connectivity index (χ4v) is 2.25. The summed E-state index contributed by atoms with van der Waals surface area (Å²) in [7, 11) is 1.50. The van der Waals surface area contributed by atoms with Crippen LogP contribution in [0.5, 0.6) is 0 Å². The van der Waals surface area contributed by atoms with Crippen LogP contribution >= 0.6 is 11.3 Å². The molecular formula is C12H18N2O4S. The second kappa shape index (κ2) is 7.75. The van der Waals surface area contributed by atoms with E-state index in [2.05, 4.69) is 5.32 Å². The normalized spacial score (nSPS) is 11.9. The maximum Gasteiger partial charge on any atom is 0.323 e. The van der Waals surface area contributed by atoms with Crippen molar-refractivity contribution in [3.05, 3.63) is 22.4 Å². The van der Waals surface area contributed by atoms with Crippen LogP contribution in [-0.4, -0.2) is 48.8 Å². The van der Waals surface area contributed by atoms with Crippen molar-refractivity contribution in [2.24, 2.45) is 0 Å². The summed E-state index contributed by atoms with van der Waals surface area (Å²) in [6, 6.07) is 1.36. The van der Waals surface area contributed by atoms with Gasteiger partial charge in [0, 0.05) is 13.7 Å². The summed E-state index contributed by atoms with van der Waals surface area (Å²) in [5, 5.41) is 15.4. The Morgan fingerprint density at radius 2 is 2.32 bits per heavy atom. The number of amides is 2. The summed E-state index contributed by atoms with van der Waals surface area (Å²) in [6.07, 6.45) is 0. The first kappa shape index (κ1) is 15.5. The number of urea groups is 1. The highest BCUT2D eigenvalue weighted by molar-refractivity contribution is 7.07. The predicted molar refractivity (Wildman–Crippen MR) is 72.4 cm³/mol. The van der Waals surface area contributed by atoms with Crippen LogP contribution in [0.25, 0.3) is 0 Å². The number of hydrogen-bond donors (Lipinski definition) is 2. The third kappa shape index (κ3) is 5.27. The van der Waals surface area contributed by atoms with E-state index in [1.807, 2.05) is 23.8 Å². The molecule has 0 saturated carbocycles. The zero-order valence-electron chi connectivity index (χ0n) is 11.0. The molecule has 0 spiro atoms. The summed E-state index contributed by atoms with van der Waals surface area (Å²) >= 11 is 1.55. The molecule has 19 heavy (non-hydrogen) atoms. The fraction of sp³-hybridized carbons (Fsp3) is 0.500. The van der Waals surface area contributed by atoms with E-state index in [4.69, 9.17) is 9.84 Å². The van der Waals surface area contributed by atoms with Crippen molar-refractivity contribution in [3.63, 3.8) is 0 Å². The number of carboxylic acid groups (broad SMARTS) is 1. The molecule has 6 nitrogen and oxygen atoms in total. The van der Waals surface area contributed by atoms with Gasteiger partial charge in [-0.05, 0) is 29.3 Å². The van der Waals surface area contributed by atoms with Gasteiger partial charge in [-0.15, -0.1) is 0 Å². The lowest BCUT2D eigenvalue weighted by atomic mass is 10.2. The molecule has 1 unspecified atom stereocenters. The molecule has 106 valence electrons. The van der Waals surface area contributed by atoms with Crippen molar-refractivity contribution < 1.29 is 19.4 Å². The molecule has 7 heteroatoms. The molecule has 0 saturated heterocycles. The van der Waals surface area contributed by atoms with E-state index >= 15 is 0 Å². The first-order chi connectivity index (χ1) is 9.04. The van der Waals surface area contributed by atoms with Gasteiger partial charge in [0.25, 0.3) is 0 Å². The number of ether oxygens (including phenoxy) is 1. The number of nitrogens with one attached hydrogen (secondary N) is 1. The molecule has 0 aliphatic carbocycles. The van der Waals surface area contributed by atoms with Crippen LogP contribution in [0, 0.1) is 0 Å². The molecule has 0 aromatic carbocycles. The first-order valence-corrected chi connectivity index (χ1v) is 6.77. The van der Waals surface area contributed by atoms with Crippen LogP contribution in [0.3, 0.4) is 0 Å². The number of carbonyl (C=O) groups is 2. The molecule has 0 aliphatic heterocycles. The lowest BCUT2D eigenvalue weighted by Gasteiger charge is -2.23. The number of methoxy groups -OCH3 is 1. The van der Waals surface area contributed by atoms with E-state index in [1.165, 1.54) is 12.0 Å². The number of aliphatic carboxylic acids is 1. The average Bonchev–Trinajstić information content (AvgIpc) is 2.87. The Bertz CT molecular complexity index is 408. The maximum atomic E-state index is 12.0. The minimum absolute atomic E-state index is 0.155. The lowest BCUT2D eigenvalue weighted by Crippen LogP contribution is -2.45. The van der Waals surface area contributed by atoms with Crippen molar-refractivity contribution in [2.45, 2.75) is 13.0 Å². The summed E-state index contributed by atoms with van der Waals surface area (Å²) in [4.78, 5) is 23.9. The third-order valence-corrected chi connectivity index (χ3v) is 3.26. The van der Waals surface area contributed by atoms with Gasteiger partial charge in [0.1, 0.15) is 6.54 Å². The molecular weight excluding hydrogens is 268 g/mol. The predicted octanol–water partition coefficient (Wildman–Crippen LogP) is 1.55. The van der Waals surface area contributed by atoms with E-state index in [-0.39, 0.29) is 19.1 Å². The number of nitrogens with zero attached hydrogens (tertiary/aromatic N) is 1. The van der Waals surface area contributed by atoms with Crippen LogP contribution in [-0.2, 0) is 9.53 Å². The van der Waals surface area contributed by atoms with Gasteiger partial charge in [-0.1, -0.05) is 0 Å². The highest BCUT2D eigenvalue weighted by atomic mass is 32.1. The quantitative estimate of drug-likeness (QED) is 0.797. The Kier molecular flexibility index (Phi) is 6.31. The zero-order chi connectivity index (χ0) is 14.3. The summed E-state index contributed by atoms with van der Waals surface area (Å²) in [5.74, 6) is -1.05. The van der Waals surface area contributed by atoms with E-state index < -0.39 is 12.0 Å². The maximum absolute atomic E-state index is 12.0. The van der Waals surface area contributed by atoms with Gasteiger partial charge < -0.3 is 20.1 Å². The third-order valence-electron chi connectivity index (χ3n) is 2.56. The second-order valence-corrected chi connectivity index (χ2v) is 4.82. The van der Waals surface area contributed by atoms with Crippen LogP contribution in [0.2, 0.25) is 0 Å². The minimum atomic E-state index is -1.05. The number of rotatable bonds is 7. The van der Waals surface area contributed by atoms with Gasteiger partial charge in [0.05, 0.1) is 12.6 Å². The Morgan fingerprint density at radius 1 is 1.58 bits per heavy atom. The molecule has 2 N–H and O–H groups in total. The number of thiophene rings is 1. The Labute approximate surface area is 116 Å². The Balaban J connectivity index is 2.57. The van der Waals surface area contributed by atoms with E-state index in [9.17, 15) is 9.59 Å². The topological polar surface area (TPSA) is 78.9 Å². The van der Waals surface area contributed by atoms with E-state index in [0.29, 0.717) is 6.61 Å². The molecule has 1 atom stereocenters. The van der Waals surface area contributed by atoms with E-state index in [1.54, 1.807) is 11.3 Å². The van der Waals surface area contributed by atoms with Crippen LogP contribution in [0.15, 0.2) is 16.8 Å². The molecule has 1 aromatic heterocycles. The van der Waals surface area contributed by atoms with Crippen LogP contribution in [0.1, 0.15) is 18.5 Å². The largest absolute Gasteiger partial charge is 0.480 e. The molecule has 0 radical (unpaired) electrons. The molecule has 1 rings (SSSR count). The van der Waals surface area contributed by atoms with Gasteiger partial charge in [-0.25, -0.2) is 4.79 Å². The molecule has 2 amide bonds. The summed E-state index contributed by atoms with van der Waals surface area (Å²) in [6.45, 7) is 2.05. The summed E-state index contributed by atoms with van der Waals surface area (Å²) in [5.41, 5.74) is 1.00. The summed E-state index contributed by atoms with van der Waals surface area (Å²) < 4.78 is 4.87. The Hall–Kier alpha value is -1.60. The fourth-order valence-electron chi connectivity index (χ4n) is 1.50. The second-order valence-electron chi connectivity index (χ2n) is 4.04. The van der Waals surface area contributed by atoms with Crippen molar-refractivity contribution in [2.75, 3.05) is 26.8 Å². The van der Waals surface area contributed by atoms with Gasteiger partial charge in [0.2, 0.25) is 0 Å². The van der Waals surface area contributed by atoms with Crippen molar-refractivity contribution >= 4 is 23.3 Å². The number of hydrogen-bond acceptors (Lipinski definition) is 4. The Morgan fingerprint density at radius 3 is 2.84 bits per heavy atom. The highest BCUT2D eigenvalue weighted by Crippen LogP contribution is 2.15.